The van der Waals surface area contributed by atoms with Crippen LogP contribution in [0.1, 0.15) is 79.0 Å². The SMILES string of the molecule is C[C@@H](O)[C@H]1C(=O)N2C(C(=O)OC(c3ccccc3)c3ccccc3)=C(S[C@H]3C[C@@H](CN(C(=O)OC(C)(C)C)S(=O)(=O)N(C)C)N(C(=O)OC(C)(C)C)C3)[C@H](C)[C@H]12. The number of fused-ring (bicyclic) bond motifs is 1. The molecule has 6 atom stereocenters. The third kappa shape index (κ3) is 9.19. The second-order valence-electron chi connectivity index (χ2n) is 16.6. The molecule has 0 spiro atoms. The lowest BCUT2D eigenvalue weighted by Crippen LogP contribution is -2.63. The Balaban J connectivity index is 1.52. The minimum atomic E-state index is -4.37. The summed E-state index contributed by atoms with van der Waals surface area (Å²) in [4.78, 5) is 58.7. The molecule has 3 heterocycles. The number of ether oxygens (including phenoxy) is 3. The number of aliphatic hydroxyl groups excluding tert-OH is 1. The van der Waals surface area contributed by atoms with Crippen molar-refractivity contribution in [3.05, 3.63) is 82.4 Å². The maximum atomic E-state index is 14.5. The largest absolute Gasteiger partial charge is 0.448 e. The van der Waals surface area contributed by atoms with Crippen LogP contribution in [0.15, 0.2) is 71.3 Å². The van der Waals surface area contributed by atoms with Crippen LogP contribution in [0.25, 0.3) is 0 Å². The van der Waals surface area contributed by atoms with Crippen molar-refractivity contribution in [1.29, 1.82) is 0 Å². The molecule has 3 aliphatic rings. The highest BCUT2D eigenvalue weighted by atomic mass is 32.2. The van der Waals surface area contributed by atoms with E-state index in [1.54, 1.807) is 48.5 Å². The van der Waals surface area contributed by atoms with E-state index in [-0.39, 0.29) is 18.7 Å². The van der Waals surface area contributed by atoms with Crippen LogP contribution in [0.4, 0.5) is 9.59 Å². The number of likely N-dealkylation sites (tertiary alicyclic amines) is 1. The van der Waals surface area contributed by atoms with Gasteiger partial charge < -0.3 is 29.1 Å². The molecular formula is C40H54N4O10S2. The van der Waals surface area contributed by atoms with Crippen molar-refractivity contribution < 1.29 is 46.9 Å². The highest BCUT2D eigenvalue weighted by Gasteiger charge is 2.61. The minimum Gasteiger partial charge on any atom is -0.448 e. The molecule has 306 valence electrons. The first-order valence-corrected chi connectivity index (χ1v) is 20.9. The molecule has 0 aliphatic carbocycles. The summed E-state index contributed by atoms with van der Waals surface area (Å²) in [6, 6.07) is 17.2. The number of benzene rings is 2. The molecule has 0 aromatic heterocycles. The molecule has 16 heteroatoms. The monoisotopic (exact) mass is 814 g/mol. The molecular weight excluding hydrogens is 761 g/mol. The van der Waals surface area contributed by atoms with E-state index in [0.717, 1.165) is 15.4 Å². The van der Waals surface area contributed by atoms with Crippen molar-refractivity contribution in [2.75, 3.05) is 27.2 Å². The standard InChI is InChI=1S/C40H54N4O10S2/c1-24-31-30(25(2)45)35(46)44(31)32(36(47)52-33(26-17-13-11-14-18-26)27-19-15-12-16-20-27)34(24)55-29-21-28(42(23-29)37(48)53-39(3,4)5)22-43(56(50,51)41(9)10)38(49)54-40(6,7)8/h11-20,24-25,28-31,33,45H,21-23H2,1-10H3/t24-,25-,28+,29+,30-,31-/m1/s1. The van der Waals surface area contributed by atoms with Gasteiger partial charge in [0.25, 0.3) is 0 Å². The first kappa shape index (κ1) is 43.0. The van der Waals surface area contributed by atoms with E-state index < -0.39 is 93.4 Å². The number of thioether (sulfide) groups is 1. The molecule has 3 aliphatic heterocycles. The van der Waals surface area contributed by atoms with E-state index in [0.29, 0.717) is 9.21 Å². The number of carbonyl (C=O) groups is 4. The normalized spacial score (nSPS) is 23.2. The summed E-state index contributed by atoms with van der Waals surface area (Å²) >= 11 is 1.30. The lowest BCUT2D eigenvalue weighted by Gasteiger charge is -2.46. The zero-order chi connectivity index (χ0) is 41.5. The lowest BCUT2D eigenvalue weighted by molar-refractivity contribution is -0.165. The van der Waals surface area contributed by atoms with Gasteiger partial charge in [-0.1, -0.05) is 67.6 Å². The van der Waals surface area contributed by atoms with Gasteiger partial charge in [0.05, 0.1) is 30.7 Å². The van der Waals surface area contributed by atoms with Crippen molar-refractivity contribution >= 4 is 46.0 Å². The number of nitrogens with zero attached hydrogens (tertiary/aromatic N) is 4. The average Bonchev–Trinajstić information content (AvgIpc) is 3.61. The van der Waals surface area contributed by atoms with Gasteiger partial charge in [-0.2, -0.15) is 17.0 Å². The van der Waals surface area contributed by atoms with Crippen molar-refractivity contribution in [2.45, 2.75) is 103 Å². The van der Waals surface area contributed by atoms with Crippen molar-refractivity contribution in [3.63, 3.8) is 0 Å². The van der Waals surface area contributed by atoms with Crippen LogP contribution in [0.3, 0.4) is 0 Å². The van der Waals surface area contributed by atoms with Crippen molar-refractivity contribution in [1.82, 2.24) is 18.4 Å². The topological polar surface area (TPSA) is 163 Å². The van der Waals surface area contributed by atoms with Crippen LogP contribution >= 0.6 is 11.8 Å². The molecule has 2 fully saturated rings. The Labute approximate surface area is 334 Å². The van der Waals surface area contributed by atoms with Gasteiger partial charge in [-0.15, -0.1) is 11.8 Å². The molecule has 0 bridgehead atoms. The lowest BCUT2D eigenvalue weighted by atomic mass is 9.79. The zero-order valence-corrected chi connectivity index (χ0v) is 35.3. The fourth-order valence-corrected chi connectivity index (χ4v) is 9.78. The van der Waals surface area contributed by atoms with E-state index in [2.05, 4.69) is 0 Å². The van der Waals surface area contributed by atoms with Crippen LogP contribution in [0.5, 0.6) is 0 Å². The number of hydrogen-bond acceptors (Lipinski definition) is 11. The molecule has 0 saturated carbocycles. The van der Waals surface area contributed by atoms with Crippen LogP contribution in [0, 0.1) is 11.8 Å². The summed E-state index contributed by atoms with van der Waals surface area (Å²) < 4.78 is 46.2. The molecule has 5 rings (SSSR count). The third-order valence-electron chi connectivity index (χ3n) is 9.74. The quantitative estimate of drug-likeness (QED) is 0.172. The molecule has 1 N–H and O–H groups in total. The third-order valence-corrected chi connectivity index (χ3v) is 13.0. The number of carbonyl (C=O) groups excluding carboxylic acids is 4. The van der Waals surface area contributed by atoms with Gasteiger partial charge in [0.1, 0.15) is 16.9 Å². The van der Waals surface area contributed by atoms with E-state index in [1.165, 1.54) is 35.7 Å². The molecule has 2 saturated heterocycles. The van der Waals surface area contributed by atoms with Gasteiger partial charge >= 0.3 is 28.4 Å². The Hall–Kier alpha value is -4.12. The predicted octanol–water partition coefficient (Wildman–Crippen LogP) is 5.54. The summed E-state index contributed by atoms with van der Waals surface area (Å²) in [5.74, 6) is -2.24. The summed E-state index contributed by atoms with van der Waals surface area (Å²) in [6.07, 6.45) is -3.36. The number of esters is 1. The van der Waals surface area contributed by atoms with Crippen LogP contribution in [-0.2, 0) is 34.0 Å². The number of aliphatic hydroxyl groups is 1. The second kappa shape index (κ2) is 16.4. The van der Waals surface area contributed by atoms with Gasteiger partial charge in [0, 0.05) is 36.7 Å². The summed E-state index contributed by atoms with van der Waals surface area (Å²) in [7, 11) is -1.77. The zero-order valence-electron chi connectivity index (χ0n) is 33.7. The number of amides is 3. The summed E-state index contributed by atoms with van der Waals surface area (Å²) in [6.45, 7) is 13.1. The Morgan fingerprint density at radius 2 is 1.46 bits per heavy atom. The first-order chi connectivity index (χ1) is 26.0. The van der Waals surface area contributed by atoms with Gasteiger partial charge in [0.2, 0.25) is 5.91 Å². The van der Waals surface area contributed by atoms with E-state index in [1.807, 2.05) is 67.6 Å². The molecule has 14 nitrogen and oxygen atoms in total. The number of rotatable bonds is 11. The summed E-state index contributed by atoms with van der Waals surface area (Å²) in [5.41, 5.74) is -0.360. The molecule has 2 aromatic carbocycles. The summed E-state index contributed by atoms with van der Waals surface area (Å²) in [5, 5.41) is 10.2. The van der Waals surface area contributed by atoms with E-state index in [4.69, 9.17) is 14.2 Å². The van der Waals surface area contributed by atoms with Crippen molar-refractivity contribution in [3.8, 4) is 0 Å². The molecule has 3 amide bonds. The molecule has 0 unspecified atom stereocenters. The average molecular weight is 815 g/mol. The Bertz CT molecular complexity index is 1890. The molecule has 0 radical (unpaired) electrons. The Morgan fingerprint density at radius 1 is 0.929 bits per heavy atom. The van der Waals surface area contributed by atoms with Gasteiger partial charge in [-0.05, 0) is 66.0 Å². The van der Waals surface area contributed by atoms with Crippen LogP contribution in [0.2, 0.25) is 0 Å². The van der Waals surface area contributed by atoms with Gasteiger partial charge in [-0.25, -0.2) is 14.4 Å². The Morgan fingerprint density at radius 3 is 1.95 bits per heavy atom. The molecule has 56 heavy (non-hydrogen) atoms. The highest BCUT2D eigenvalue weighted by Crippen LogP contribution is 2.53. The highest BCUT2D eigenvalue weighted by molar-refractivity contribution is 8.03. The fourth-order valence-electron chi connectivity index (χ4n) is 7.24. The maximum absolute atomic E-state index is 14.5. The van der Waals surface area contributed by atoms with E-state index >= 15 is 0 Å². The van der Waals surface area contributed by atoms with Gasteiger partial charge in [-0.3, -0.25) is 4.79 Å². The number of hydrogen-bond donors (Lipinski definition) is 1. The molecule has 2 aromatic rings. The first-order valence-electron chi connectivity index (χ1n) is 18.7. The van der Waals surface area contributed by atoms with Crippen LogP contribution in [-0.4, -0.2) is 118 Å². The van der Waals surface area contributed by atoms with E-state index in [9.17, 15) is 32.7 Å². The Kier molecular flexibility index (Phi) is 12.6. The number of β-lactam (4-membered cyclic amide) rings is 1. The van der Waals surface area contributed by atoms with Crippen LogP contribution < -0.4 is 0 Å². The smallest absolute Gasteiger partial charge is 0.425 e. The minimum absolute atomic E-state index is 0.0715. The predicted molar refractivity (Wildman–Crippen MR) is 211 cm³/mol. The fraction of sp³-hybridized carbons (Fsp3) is 0.550. The van der Waals surface area contributed by atoms with Gasteiger partial charge in [0.15, 0.2) is 6.10 Å². The van der Waals surface area contributed by atoms with Crippen molar-refractivity contribution in [2.24, 2.45) is 11.8 Å². The maximum Gasteiger partial charge on any atom is 0.425 e. The second-order valence-corrected chi connectivity index (χ2v) is 20.0.